The van der Waals surface area contributed by atoms with Gasteiger partial charge in [0.2, 0.25) is 5.88 Å². The molecule has 0 amide bonds. The van der Waals surface area contributed by atoms with Gasteiger partial charge in [0.1, 0.15) is 22.2 Å². The Labute approximate surface area is 240 Å². The van der Waals surface area contributed by atoms with Crippen molar-refractivity contribution in [2.45, 2.75) is 26.9 Å². The van der Waals surface area contributed by atoms with Crippen molar-refractivity contribution >= 4 is 22.4 Å². The van der Waals surface area contributed by atoms with E-state index in [1.54, 1.807) is 31.3 Å². The third-order valence-electron chi connectivity index (χ3n) is 6.14. The van der Waals surface area contributed by atoms with Crippen LogP contribution >= 0.6 is 0 Å². The normalized spacial score (nSPS) is 15.0. The Morgan fingerprint density at radius 1 is 0.976 bits per heavy atom. The molecule has 216 valence electrons. The summed E-state index contributed by atoms with van der Waals surface area (Å²) in [6.07, 6.45) is 4.24. The predicted molar refractivity (Wildman–Crippen MR) is 156 cm³/mol. The van der Waals surface area contributed by atoms with Crippen molar-refractivity contribution in [1.29, 1.82) is 0 Å². The van der Waals surface area contributed by atoms with Crippen LogP contribution in [0.4, 0.5) is 0 Å². The zero-order chi connectivity index (χ0) is 29.6. The lowest BCUT2D eigenvalue weighted by Gasteiger charge is -2.20. The molecule has 1 aromatic heterocycles. The summed E-state index contributed by atoms with van der Waals surface area (Å²) in [6.45, 7) is 4.52. The minimum atomic E-state index is -3.02. The third-order valence-corrected chi connectivity index (χ3v) is 7.17. The molecule has 1 aliphatic heterocycles. The van der Waals surface area contributed by atoms with Gasteiger partial charge >= 0.3 is 7.12 Å². The lowest BCUT2D eigenvalue weighted by atomic mass is 9.79. The molecule has 0 aliphatic carbocycles. The summed E-state index contributed by atoms with van der Waals surface area (Å²) < 4.78 is 45.1. The van der Waals surface area contributed by atoms with Crippen LogP contribution in [-0.4, -0.2) is 61.3 Å². The highest BCUT2D eigenvalue weighted by molar-refractivity contribution is 7.90. The molecule has 3 aromatic rings. The topological polar surface area (TPSA) is 128 Å². The number of benzene rings is 2. The summed E-state index contributed by atoms with van der Waals surface area (Å²) in [5, 5.41) is 19.9. The Morgan fingerprint density at radius 3 is 2.29 bits per heavy atom. The second-order valence-electron chi connectivity index (χ2n) is 9.80. The quantitative estimate of drug-likeness (QED) is 0.267. The van der Waals surface area contributed by atoms with E-state index in [0.29, 0.717) is 30.1 Å². The molecule has 2 aromatic carbocycles. The molecule has 0 fully saturated rings. The third kappa shape index (κ3) is 8.58. The number of pyridine rings is 1. The Morgan fingerprint density at radius 2 is 1.66 bits per heavy atom. The average molecular weight is 580 g/mol. The fourth-order valence-electron chi connectivity index (χ4n) is 4.34. The zero-order valence-corrected chi connectivity index (χ0v) is 24.2. The maximum Gasteiger partial charge on any atom is 0.636 e. The van der Waals surface area contributed by atoms with Crippen LogP contribution in [0.25, 0.3) is 11.1 Å². The molecule has 4 rings (SSSR count). The van der Waals surface area contributed by atoms with Gasteiger partial charge in [-0.25, -0.2) is 13.4 Å². The smallest absolute Gasteiger partial charge is 0.494 e. The summed E-state index contributed by atoms with van der Waals surface area (Å²) in [6, 6.07) is 16.8. The number of ether oxygens (including phenoxy) is 2. The summed E-state index contributed by atoms with van der Waals surface area (Å²) in [4.78, 5) is 5.98. The largest absolute Gasteiger partial charge is 0.636 e. The Balaban J connectivity index is 1.39. The molecule has 12 heteroatoms. The predicted octanol–water partition coefficient (Wildman–Crippen LogP) is 4.15. The Bertz CT molecular complexity index is 1500. The number of hydrogen-bond donors (Lipinski definition) is 2. The van der Waals surface area contributed by atoms with Gasteiger partial charge in [-0.1, -0.05) is 30.3 Å². The van der Waals surface area contributed by atoms with Crippen LogP contribution in [0.15, 0.2) is 78.9 Å². The Hall–Kier alpha value is -4.32. The van der Waals surface area contributed by atoms with Crippen molar-refractivity contribution < 1.29 is 37.4 Å². The highest BCUT2D eigenvalue weighted by Gasteiger charge is 2.29. The van der Waals surface area contributed by atoms with Crippen molar-refractivity contribution in [1.82, 2.24) is 9.88 Å². The van der Waals surface area contributed by atoms with E-state index in [2.05, 4.69) is 11.1 Å². The van der Waals surface area contributed by atoms with Crippen LogP contribution in [0.3, 0.4) is 0 Å². The summed E-state index contributed by atoms with van der Waals surface area (Å²) >= 11 is 0. The van der Waals surface area contributed by atoms with Gasteiger partial charge in [0.15, 0.2) is 0 Å². The van der Waals surface area contributed by atoms with Crippen LogP contribution in [0.2, 0.25) is 0 Å². The van der Waals surface area contributed by atoms with Crippen LogP contribution < -0.4 is 14.9 Å². The average Bonchev–Trinajstić information content (AvgIpc) is 2.88. The van der Waals surface area contributed by atoms with Gasteiger partial charge in [-0.15, -0.1) is 0 Å². The van der Waals surface area contributed by atoms with Gasteiger partial charge < -0.3 is 33.9 Å². The van der Waals surface area contributed by atoms with E-state index in [4.69, 9.17) is 18.8 Å². The first-order valence-electron chi connectivity index (χ1n) is 12.9. The number of aliphatic hydroxyl groups is 2. The van der Waals surface area contributed by atoms with E-state index >= 15 is 0 Å². The zero-order valence-electron chi connectivity index (χ0n) is 23.4. The standard InChI is InChI=1S/C29H33BN2O8S/c1-20-15-26(37-13-6-14-41(4,35)36)31-21(2)29(20)23-8-5-7-22(16-23)19-38-25-11-9-24(10-12-25)30-39-27(33)17-32(3)18-28(34)40-30/h5,7-12,15-18,33-34H,6,13-14,19H2,1-4H3/b27-17-,28-18?. The first-order valence-corrected chi connectivity index (χ1v) is 15.0. The van der Waals surface area contributed by atoms with Crippen LogP contribution in [-0.2, 0) is 25.8 Å². The minimum Gasteiger partial charge on any atom is -0.494 e. The highest BCUT2D eigenvalue weighted by Crippen LogP contribution is 2.30. The van der Waals surface area contributed by atoms with E-state index in [9.17, 15) is 18.6 Å². The highest BCUT2D eigenvalue weighted by atomic mass is 32.2. The first-order chi connectivity index (χ1) is 19.5. The van der Waals surface area contributed by atoms with Crippen LogP contribution in [0.1, 0.15) is 23.2 Å². The van der Waals surface area contributed by atoms with Crippen LogP contribution in [0.5, 0.6) is 11.6 Å². The van der Waals surface area contributed by atoms with Gasteiger partial charge in [-0.05, 0) is 55.2 Å². The molecular formula is C29H33BN2O8S. The summed E-state index contributed by atoms with van der Waals surface area (Å²) in [5.41, 5.74) is 5.34. The van der Waals surface area contributed by atoms with Crippen molar-refractivity contribution in [2.75, 3.05) is 25.7 Å². The molecule has 0 bridgehead atoms. The fourth-order valence-corrected chi connectivity index (χ4v) is 4.98. The van der Waals surface area contributed by atoms with Crippen molar-refractivity contribution in [2.24, 2.45) is 0 Å². The first kappa shape index (κ1) is 29.7. The second-order valence-corrected chi connectivity index (χ2v) is 12.1. The number of nitrogens with zero attached hydrogens (tertiary/aromatic N) is 2. The minimum absolute atomic E-state index is 0.0771. The number of aliphatic hydroxyl groups excluding tert-OH is 2. The molecule has 0 radical (unpaired) electrons. The lowest BCUT2D eigenvalue weighted by molar-refractivity contribution is 0.124. The molecule has 2 N–H and O–H groups in total. The van der Waals surface area contributed by atoms with Crippen molar-refractivity contribution in [3.05, 3.63) is 95.7 Å². The maximum atomic E-state index is 11.3. The lowest BCUT2D eigenvalue weighted by Crippen LogP contribution is -2.37. The van der Waals surface area contributed by atoms with Gasteiger partial charge in [0.05, 0.1) is 24.8 Å². The Kier molecular flexibility index (Phi) is 9.33. The van der Waals surface area contributed by atoms with Crippen LogP contribution in [0, 0.1) is 13.8 Å². The van der Waals surface area contributed by atoms with Gasteiger partial charge in [-0.2, -0.15) is 0 Å². The molecular weight excluding hydrogens is 547 g/mol. The van der Waals surface area contributed by atoms with Gasteiger partial charge in [0, 0.05) is 36.1 Å². The number of hydrogen-bond acceptors (Lipinski definition) is 10. The maximum absolute atomic E-state index is 11.3. The molecule has 0 atom stereocenters. The van der Waals surface area contributed by atoms with E-state index in [1.165, 1.54) is 23.6 Å². The van der Waals surface area contributed by atoms with Gasteiger partial charge in [0.25, 0.3) is 11.9 Å². The second kappa shape index (κ2) is 12.9. The SMILES string of the molecule is Cc1cc(OCCCS(C)(=O)=O)nc(C)c1-c1cccc(COc2ccc(B3OC(O)=CN(C)/C=C(/O)O3)cc2)c1. The molecule has 41 heavy (non-hydrogen) atoms. The molecule has 0 saturated carbocycles. The fraction of sp³-hybridized carbons (Fsp3) is 0.276. The van der Waals surface area contributed by atoms with E-state index < -0.39 is 17.0 Å². The molecule has 2 heterocycles. The molecule has 0 unspecified atom stereocenters. The summed E-state index contributed by atoms with van der Waals surface area (Å²) in [5.74, 6) is 0.465. The molecule has 1 aliphatic rings. The number of sulfone groups is 1. The molecule has 0 spiro atoms. The van der Waals surface area contributed by atoms with Crippen molar-refractivity contribution in [3.63, 3.8) is 0 Å². The number of rotatable bonds is 10. The van der Waals surface area contributed by atoms with E-state index in [1.807, 2.05) is 38.1 Å². The monoisotopic (exact) mass is 580 g/mol. The van der Waals surface area contributed by atoms with Crippen molar-refractivity contribution in [3.8, 4) is 22.8 Å². The van der Waals surface area contributed by atoms with E-state index in [0.717, 1.165) is 27.9 Å². The summed E-state index contributed by atoms with van der Waals surface area (Å²) in [7, 11) is -2.45. The number of aryl methyl sites for hydroxylation is 2. The molecule has 10 nitrogen and oxygen atoms in total. The van der Waals surface area contributed by atoms with Gasteiger partial charge in [-0.3, -0.25) is 0 Å². The van der Waals surface area contributed by atoms with E-state index in [-0.39, 0.29) is 24.3 Å². The molecule has 0 saturated heterocycles. The number of aromatic nitrogens is 1.